The number of benzene rings is 1. The average molecular weight is 295 g/mol. The molecule has 108 valence electrons. The number of nitrogens with zero attached hydrogens (tertiary/aromatic N) is 1. The fraction of sp³-hybridized carbons (Fsp3) is 0.467. The zero-order valence-corrected chi connectivity index (χ0v) is 12.2. The smallest absolute Gasteiger partial charge is 0.227 e. The topological polar surface area (TPSA) is 49.4 Å². The van der Waals surface area contributed by atoms with Crippen LogP contribution in [0.25, 0.3) is 0 Å². The molecule has 0 spiro atoms. The number of halogens is 1. The minimum Gasteiger partial charge on any atom is -0.352 e. The average Bonchev–Trinajstić information content (AvgIpc) is 2.89. The maximum atomic E-state index is 11.6. The Morgan fingerprint density at radius 2 is 2.05 bits per heavy atom. The Kier molecular flexibility index (Phi) is 5.41. The van der Waals surface area contributed by atoms with Gasteiger partial charge in [-0.3, -0.25) is 9.59 Å². The van der Waals surface area contributed by atoms with E-state index in [0.29, 0.717) is 31.7 Å². The summed E-state index contributed by atoms with van der Waals surface area (Å²) in [4.78, 5) is 24.9. The van der Waals surface area contributed by atoms with Crippen molar-refractivity contribution in [1.29, 1.82) is 0 Å². The second-order valence-corrected chi connectivity index (χ2v) is 5.26. The zero-order chi connectivity index (χ0) is 14.4. The van der Waals surface area contributed by atoms with Crippen LogP contribution in [-0.2, 0) is 16.1 Å². The first kappa shape index (κ1) is 14.9. The van der Waals surface area contributed by atoms with Crippen LogP contribution in [0.3, 0.4) is 0 Å². The summed E-state index contributed by atoms with van der Waals surface area (Å²) in [5.41, 5.74) is 1.96. The third-order valence-electron chi connectivity index (χ3n) is 3.35. The van der Waals surface area contributed by atoms with E-state index < -0.39 is 0 Å². The molecule has 0 radical (unpaired) electrons. The molecule has 0 aliphatic carbocycles. The first-order valence-corrected chi connectivity index (χ1v) is 7.46. The van der Waals surface area contributed by atoms with Crippen LogP contribution in [-0.4, -0.2) is 24.2 Å². The summed E-state index contributed by atoms with van der Waals surface area (Å²) in [7, 11) is 0. The second-order valence-electron chi connectivity index (χ2n) is 4.88. The van der Waals surface area contributed by atoms with Crippen LogP contribution in [0.5, 0.6) is 0 Å². The minimum atomic E-state index is 0.0180. The van der Waals surface area contributed by atoms with Crippen molar-refractivity contribution in [1.82, 2.24) is 5.32 Å². The number of carbonyl (C=O) groups excluding carboxylic acids is 2. The third-order valence-corrected chi connectivity index (χ3v) is 3.62. The van der Waals surface area contributed by atoms with E-state index in [1.165, 1.54) is 0 Å². The molecule has 5 heteroatoms. The molecule has 4 nitrogen and oxygen atoms in total. The molecule has 0 aromatic heterocycles. The normalized spacial score (nSPS) is 14.7. The Morgan fingerprint density at radius 1 is 1.30 bits per heavy atom. The van der Waals surface area contributed by atoms with Crippen molar-refractivity contribution in [3.05, 3.63) is 29.8 Å². The van der Waals surface area contributed by atoms with Gasteiger partial charge in [0.25, 0.3) is 0 Å². The largest absolute Gasteiger partial charge is 0.352 e. The molecular formula is C15H19ClN2O2. The standard InChI is InChI=1S/C15H19ClN2O2/c16-9-1-3-14(19)17-11-12-5-7-13(8-6-12)18-10-2-4-15(18)20/h5-8H,1-4,9-11H2,(H,17,19). The van der Waals surface area contributed by atoms with Crippen LogP contribution in [0.15, 0.2) is 24.3 Å². The highest BCUT2D eigenvalue weighted by atomic mass is 35.5. The summed E-state index contributed by atoms with van der Waals surface area (Å²) in [5, 5.41) is 2.85. The van der Waals surface area contributed by atoms with E-state index in [-0.39, 0.29) is 11.8 Å². The summed E-state index contributed by atoms with van der Waals surface area (Å²) < 4.78 is 0. The van der Waals surface area contributed by atoms with E-state index in [0.717, 1.165) is 24.2 Å². The second kappa shape index (κ2) is 7.29. The maximum Gasteiger partial charge on any atom is 0.227 e. The van der Waals surface area contributed by atoms with Gasteiger partial charge >= 0.3 is 0 Å². The van der Waals surface area contributed by atoms with Crippen molar-refractivity contribution in [2.45, 2.75) is 32.2 Å². The summed E-state index contributed by atoms with van der Waals surface area (Å²) >= 11 is 5.54. The molecule has 1 aromatic carbocycles. The lowest BCUT2D eigenvalue weighted by atomic mass is 10.2. The van der Waals surface area contributed by atoms with Gasteiger partial charge in [0, 0.05) is 37.5 Å². The van der Waals surface area contributed by atoms with Crippen LogP contribution >= 0.6 is 11.6 Å². The van der Waals surface area contributed by atoms with Crippen LogP contribution in [0.4, 0.5) is 5.69 Å². The Labute approximate surface area is 124 Å². The highest BCUT2D eigenvalue weighted by Gasteiger charge is 2.21. The fourth-order valence-electron chi connectivity index (χ4n) is 2.23. The van der Waals surface area contributed by atoms with Gasteiger partial charge in [-0.1, -0.05) is 12.1 Å². The summed E-state index contributed by atoms with van der Waals surface area (Å²) in [6.07, 6.45) is 2.73. The van der Waals surface area contributed by atoms with Crippen LogP contribution in [0.2, 0.25) is 0 Å². The number of rotatable bonds is 6. The zero-order valence-electron chi connectivity index (χ0n) is 11.4. The molecule has 1 saturated heterocycles. The van der Waals surface area contributed by atoms with Gasteiger partial charge in [0.2, 0.25) is 11.8 Å². The van der Waals surface area contributed by atoms with Crippen molar-refractivity contribution < 1.29 is 9.59 Å². The Hall–Kier alpha value is -1.55. The Bertz CT molecular complexity index is 473. The van der Waals surface area contributed by atoms with Gasteiger partial charge in [0.15, 0.2) is 0 Å². The Balaban J connectivity index is 1.85. The first-order chi connectivity index (χ1) is 9.70. The third kappa shape index (κ3) is 3.97. The van der Waals surface area contributed by atoms with Gasteiger partial charge in [-0.25, -0.2) is 0 Å². The number of alkyl halides is 1. The van der Waals surface area contributed by atoms with E-state index in [4.69, 9.17) is 11.6 Å². The highest BCUT2D eigenvalue weighted by molar-refractivity contribution is 6.17. The molecule has 1 aliphatic heterocycles. The van der Waals surface area contributed by atoms with Crippen LogP contribution in [0, 0.1) is 0 Å². The predicted octanol–water partition coefficient (Wildman–Crippen LogP) is 2.45. The van der Waals surface area contributed by atoms with Crippen molar-refractivity contribution in [2.75, 3.05) is 17.3 Å². The van der Waals surface area contributed by atoms with Gasteiger partial charge in [-0.15, -0.1) is 11.6 Å². The molecular weight excluding hydrogens is 276 g/mol. The molecule has 0 atom stereocenters. The lowest BCUT2D eigenvalue weighted by Gasteiger charge is -2.16. The molecule has 20 heavy (non-hydrogen) atoms. The highest BCUT2D eigenvalue weighted by Crippen LogP contribution is 2.21. The lowest BCUT2D eigenvalue weighted by Crippen LogP contribution is -2.24. The van der Waals surface area contributed by atoms with E-state index in [2.05, 4.69) is 5.32 Å². The van der Waals surface area contributed by atoms with Crippen molar-refractivity contribution in [3.63, 3.8) is 0 Å². The molecule has 2 amide bonds. The maximum absolute atomic E-state index is 11.6. The van der Waals surface area contributed by atoms with Gasteiger partial charge in [0.05, 0.1) is 0 Å². The van der Waals surface area contributed by atoms with Crippen molar-refractivity contribution >= 4 is 29.1 Å². The molecule has 1 aromatic rings. The van der Waals surface area contributed by atoms with Crippen LogP contribution in [0.1, 0.15) is 31.2 Å². The summed E-state index contributed by atoms with van der Waals surface area (Å²) in [6.45, 7) is 1.31. The Morgan fingerprint density at radius 3 is 2.65 bits per heavy atom. The number of amides is 2. The van der Waals surface area contributed by atoms with E-state index in [1.807, 2.05) is 29.2 Å². The molecule has 0 bridgehead atoms. The number of hydrogen-bond acceptors (Lipinski definition) is 2. The molecule has 2 rings (SSSR count). The molecule has 1 heterocycles. The van der Waals surface area contributed by atoms with Gasteiger partial charge < -0.3 is 10.2 Å². The monoisotopic (exact) mass is 294 g/mol. The van der Waals surface area contributed by atoms with E-state index in [1.54, 1.807) is 0 Å². The summed E-state index contributed by atoms with van der Waals surface area (Å²) in [5.74, 6) is 0.711. The van der Waals surface area contributed by atoms with E-state index in [9.17, 15) is 9.59 Å². The van der Waals surface area contributed by atoms with Crippen LogP contribution < -0.4 is 10.2 Å². The molecule has 1 N–H and O–H groups in total. The summed E-state index contributed by atoms with van der Waals surface area (Å²) in [6, 6.07) is 7.76. The number of carbonyl (C=O) groups is 2. The lowest BCUT2D eigenvalue weighted by molar-refractivity contribution is -0.121. The van der Waals surface area contributed by atoms with Gasteiger partial charge in [-0.2, -0.15) is 0 Å². The SMILES string of the molecule is O=C(CCCCl)NCc1ccc(N2CCCC2=O)cc1. The molecule has 0 saturated carbocycles. The predicted molar refractivity (Wildman–Crippen MR) is 79.8 cm³/mol. The van der Waals surface area contributed by atoms with Gasteiger partial charge in [0.1, 0.15) is 0 Å². The van der Waals surface area contributed by atoms with Gasteiger partial charge in [-0.05, 0) is 30.5 Å². The first-order valence-electron chi connectivity index (χ1n) is 6.92. The molecule has 0 unspecified atom stereocenters. The fourth-order valence-corrected chi connectivity index (χ4v) is 2.36. The van der Waals surface area contributed by atoms with Crippen molar-refractivity contribution in [2.24, 2.45) is 0 Å². The minimum absolute atomic E-state index is 0.0180. The molecule has 1 aliphatic rings. The quantitative estimate of drug-likeness (QED) is 0.819. The molecule has 1 fully saturated rings. The number of anilines is 1. The van der Waals surface area contributed by atoms with E-state index >= 15 is 0 Å². The number of nitrogens with one attached hydrogen (secondary N) is 1. The van der Waals surface area contributed by atoms with Crippen molar-refractivity contribution in [3.8, 4) is 0 Å². The number of hydrogen-bond donors (Lipinski definition) is 1.